The number of rotatable bonds is 9. The molecule has 1 fully saturated rings. The van der Waals surface area contributed by atoms with Gasteiger partial charge in [-0.3, -0.25) is 4.79 Å². The Hall–Kier alpha value is -1.32. The summed E-state index contributed by atoms with van der Waals surface area (Å²) < 4.78 is 40.4. The van der Waals surface area contributed by atoms with Crippen LogP contribution in [0, 0.1) is 11.7 Å². The van der Waals surface area contributed by atoms with Gasteiger partial charge < -0.3 is 5.32 Å². The van der Waals surface area contributed by atoms with Gasteiger partial charge in [0.15, 0.2) is 0 Å². The monoisotopic (exact) mass is 518 g/mol. The second-order valence-electron chi connectivity index (χ2n) is 7.56. The smallest absolute Gasteiger partial charge is 0.223 e. The first-order chi connectivity index (χ1) is 15.3. The molecule has 3 rings (SSSR count). The molecule has 0 atom stereocenters. The number of nitrogens with one attached hydrogen (secondary N) is 1. The molecule has 1 aliphatic heterocycles. The van der Waals surface area contributed by atoms with Crippen LogP contribution in [0.3, 0.4) is 0 Å². The molecular formula is C22H25Cl2FN2O3S2. The van der Waals surface area contributed by atoms with Gasteiger partial charge in [-0.15, -0.1) is 0 Å². The minimum absolute atomic E-state index is 0.0625. The van der Waals surface area contributed by atoms with Crippen molar-refractivity contribution in [2.24, 2.45) is 5.92 Å². The van der Waals surface area contributed by atoms with E-state index in [1.54, 1.807) is 36.0 Å². The number of hydrogen-bond acceptors (Lipinski definition) is 4. The molecule has 32 heavy (non-hydrogen) atoms. The topological polar surface area (TPSA) is 66.5 Å². The van der Waals surface area contributed by atoms with Crippen LogP contribution in [-0.2, 0) is 26.3 Å². The molecule has 1 N–H and O–H groups in total. The van der Waals surface area contributed by atoms with Gasteiger partial charge in [-0.05, 0) is 36.6 Å². The zero-order valence-electron chi connectivity index (χ0n) is 17.4. The normalized spacial score (nSPS) is 15.6. The lowest BCUT2D eigenvalue weighted by Crippen LogP contribution is -2.43. The third-order valence-corrected chi connectivity index (χ3v) is 8.89. The Bertz CT molecular complexity index is 1020. The zero-order valence-corrected chi connectivity index (χ0v) is 20.5. The first-order valence-electron chi connectivity index (χ1n) is 10.3. The Balaban J connectivity index is 1.39. The van der Waals surface area contributed by atoms with E-state index in [1.165, 1.54) is 22.5 Å². The molecule has 1 aliphatic rings. The number of sulfonamides is 1. The van der Waals surface area contributed by atoms with Crippen molar-refractivity contribution in [1.29, 1.82) is 0 Å². The summed E-state index contributed by atoms with van der Waals surface area (Å²) in [5, 5.41) is 4.19. The molecule has 5 nitrogen and oxygen atoms in total. The number of carbonyl (C=O) groups excluding carboxylic acids is 1. The van der Waals surface area contributed by atoms with Crippen molar-refractivity contribution in [3.05, 3.63) is 69.5 Å². The van der Waals surface area contributed by atoms with E-state index in [0.29, 0.717) is 40.9 Å². The average Bonchev–Trinajstić information content (AvgIpc) is 2.77. The molecule has 0 unspecified atom stereocenters. The SMILES string of the molecule is O=C(NCCSCc1c(Cl)cccc1Cl)C1CCN(S(=O)(=O)Cc2ccccc2F)CC1. The van der Waals surface area contributed by atoms with Gasteiger partial charge in [0.1, 0.15) is 5.82 Å². The van der Waals surface area contributed by atoms with E-state index in [9.17, 15) is 17.6 Å². The fourth-order valence-electron chi connectivity index (χ4n) is 3.53. The zero-order chi connectivity index (χ0) is 23.1. The molecule has 0 spiro atoms. The number of benzene rings is 2. The molecule has 0 saturated carbocycles. The minimum atomic E-state index is -3.63. The van der Waals surface area contributed by atoms with E-state index >= 15 is 0 Å². The fourth-order valence-corrected chi connectivity index (χ4v) is 6.71. The predicted octanol–water partition coefficient (Wildman–Crippen LogP) is 4.72. The molecule has 1 saturated heterocycles. The molecular weight excluding hydrogens is 494 g/mol. The van der Waals surface area contributed by atoms with E-state index in [1.807, 2.05) is 0 Å². The Kier molecular flexibility index (Phi) is 9.25. The van der Waals surface area contributed by atoms with Crippen molar-refractivity contribution in [2.75, 3.05) is 25.4 Å². The van der Waals surface area contributed by atoms with Crippen LogP contribution < -0.4 is 5.32 Å². The van der Waals surface area contributed by atoms with E-state index < -0.39 is 15.8 Å². The maximum Gasteiger partial charge on any atom is 0.223 e. The van der Waals surface area contributed by atoms with Crippen LogP contribution in [0.1, 0.15) is 24.0 Å². The lowest BCUT2D eigenvalue weighted by atomic mass is 9.97. The van der Waals surface area contributed by atoms with Gasteiger partial charge in [-0.25, -0.2) is 17.1 Å². The highest BCUT2D eigenvalue weighted by Gasteiger charge is 2.31. The summed E-state index contributed by atoms with van der Waals surface area (Å²) in [7, 11) is -3.63. The maximum absolute atomic E-state index is 13.8. The standard InChI is InChI=1S/C22H25Cl2FN2O3S2/c23-19-5-3-6-20(24)18(19)14-31-13-10-26-22(28)16-8-11-27(12-9-16)32(29,30)15-17-4-1-2-7-21(17)25/h1-7,16H,8-15H2,(H,26,28). The van der Waals surface area contributed by atoms with Crippen LogP contribution in [0.4, 0.5) is 4.39 Å². The molecule has 2 aromatic rings. The highest BCUT2D eigenvalue weighted by Crippen LogP contribution is 2.28. The molecule has 0 aromatic heterocycles. The van der Waals surface area contributed by atoms with Crippen molar-refractivity contribution in [3.63, 3.8) is 0 Å². The largest absolute Gasteiger partial charge is 0.355 e. The number of amides is 1. The van der Waals surface area contributed by atoms with Crippen molar-refractivity contribution < 1.29 is 17.6 Å². The molecule has 1 heterocycles. The maximum atomic E-state index is 13.8. The molecule has 0 bridgehead atoms. The van der Waals surface area contributed by atoms with Crippen LogP contribution in [0.15, 0.2) is 42.5 Å². The van der Waals surface area contributed by atoms with Gasteiger partial charge in [0.25, 0.3) is 0 Å². The second-order valence-corrected chi connectivity index (χ2v) is 11.5. The lowest BCUT2D eigenvalue weighted by molar-refractivity contribution is -0.125. The molecule has 10 heteroatoms. The Morgan fingerprint density at radius 1 is 1.09 bits per heavy atom. The van der Waals surface area contributed by atoms with Gasteiger partial charge >= 0.3 is 0 Å². The van der Waals surface area contributed by atoms with Crippen molar-refractivity contribution in [1.82, 2.24) is 9.62 Å². The average molecular weight is 519 g/mol. The summed E-state index contributed by atoms with van der Waals surface area (Å²) >= 11 is 13.9. The van der Waals surface area contributed by atoms with Crippen LogP contribution in [0.2, 0.25) is 10.0 Å². The minimum Gasteiger partial charge on any atom is -0.355 e. The molecule has 2 aromatic carbocycles. The van der Waals surface area contributed by atoms with Crippen molar-refractivity contribution in [3.8, 4) is 0 Å². The Morgan fingerprint density at radius 3 is 2.41 bits per heavy atom. The molecule has 0 radical (unpaired) electrons. The second kappa shape index (κ2) is 11.7. The van der Waals surface area contributed by atoms with E-state index in [-0.39, 0.29) is 36.2 Å². The van der Waals surface area contributed by atoms with E-state index in [0.717, 1.165) is 5.56 Å². The summed E-state index contributed by atoms with van der Waals surface area (Å²) in [5.41, 5.74) is 1.04. The van der Waals surface area contributed by atoms with E-state index in [4.69, 9.17) is 23.2 Å². The van der Waals surface area contributed by atoms with Crippen LogP contribution in [0.5, 0.6) is 0 Å². The fraction of sp³-hybridized carbons (Fsp3) is 0.409. The third-order valence-electron chi connectivity index (χ3n) is 5.37. The quantitative estimate of drug-likeness (QED) is 0.487. The number of thioether (sulfide) groups is 1. The highest BCUT2D eigenvalue weighted by atomic mass is 35.5. The first-order valence-corrected chi connectivity index (χ1v) is 13.8. The lowest BCUT2D eigenvalue weighted by Gasteiger charge is -2.30. The Labute approximate surface area is 202 Å². The summed E-state index contributed by atoms with van der Waals surface area (Å²) in [6.45, 7) is 1.03. The van der Waals surface area contributed by atoms with Gasteiger partial charge in [-0.1, -0.05) is 47.5 Å². The molecule has 1 amide bonds. The number of halogens is 3. The van der Waals surface area contributed by atoms with Crippen molar-refractivity contribution >= 4 is 50.9 Å². The first kappa shape index (κ1) is 25.3. The number of hydrogen-bond donors (Lipinski definition) is 1. The summed E-state index contributed by atoms with van der Waals surface area (Å²) in [6.07, 6.45) is 0.898. The predicted molar refractivity (Wildman–Crippen MR) is 129 cm³/mol. The molecule has 174 valence electrons. The van der Waals surface area contributed by atoms with Crippen molar-refractivity contribution in [2.45, 2.75) is 24.3 Å². The molecule has 0 aliphatic carbocycles. The number of piperidine rings is 1. The van der Waals surface area contributed by atoms with Crippen LogP contribution in [-0.4, -0.2) is 44.0 Å². The summed E-state index contributed by atoms with van der Waals surface area (Å²) in [5.74, 6) is 0.185. The van der Waals surface area contributed by atoms with Crippen LogP contribution >= 0.6 is 35.0 Å². The van der Waals surface area contributed by atoms with Gasteiger partial charge in [0, 0.05) is 52.7 Å². The van der Waals surface area contributed by atoms with Gasteiger partial charge in [-0.2, -0.15) is 11.8 Å². The number of nitrogens with zero attached hydrogens (tertiary/aromatic N) is 1. The summed E-state index contributed by atoms with van der Waals surface area (Å²) in [6, 6.07) is 11.3. The van der Waals surface area contributed by atoms with Gasteiger partial charge in [0.2, 0.25) is 15.9 Å². The van der Waals surface area contributed by atoms with Gasteiger partial charge in [0.05, 0.1) is 5.75 Å². The summed E-state index contributed by atoms with van der Waals surface area (Å²) in [4.78, 5) is 12.5. The van der Waals surface area contributed by atoms with Crippen LogP contribution in [0.25, 0.3) is 0 Å². The number of carbonyl (C=O) groups is 1. The Morgan fingerprint density at radius 2 is 1.75 bits per heavy atom. The highest BCUT2D eigenvalue weighted by molar-refractivity contribution is 7.98. The van der Waals surface area contributed by atoms with E-state index in [2.05, 4.69) is 5.32 Å². The third kappa shape index (κ3) is 6.84.